The number of rotatable bonds is 3. The van der Waals surface area contributed by atoms with E-state index in [1.54, 1.807) is 28.2 Å². The topological polar surface area (TPSA) is 49.4 Å². The van der Waals surface area contributed by atoms with Gasteiger partial charge in [0.25, 0.3) is 0 Å². The number of nitrogens with zero attached hydrogens (tertiary/aromatic N) is 1. The van der Waals surface area contributed by atoms with Crippen molar-refractivity contribution in [2.75, 3.05) is 19.3 Å². The average molecular weight is 349 g/mol. The van der Waals surface area contributed by atoms with E-state index in [-0.39, 0.29) is 12.4 Å². The first-order valence-corrected chi connectivity index (χ1v) is 9.66. The van der Waals surface area contributed by atoms with E-state index < -0.39 is 10.0 Å². The van der Waals surface area contributed by atoms with Crippen molar-refractivity contribution in [3.63, 3.8) is 0 Å². The first kappa shape index (κ1) is 17.1. The zero-order valence-electron chi connectivity index (χ0n) is 12.0. The van der Waals surface area contributed by atoms with Gasteiger partial charge in [-0.15, -0.1) is 24.2 Å². The van der Waals surface area contributed by atoms with Crippen molar-refractivity contribution >= 4 is 34.2 Å². The largest absolute Gasteiger partial charge is 0.310 e. The number of thioether (sulfide) groups is 1. The maximum atomic E-state index is 12.8. The summed E-state index contributed by atoms with van der Waals surface area (Å²) in [5.74, 6) is 0. The molecule has 3 rings (SSSR count). The van der Waals surface area contributed by atoms with Crippen LogP contribution in [0.2, 0.25) is 0 Å². The standard InChI is InChI=1S/C14H20N2O2S2.ClH/c1-19-13-3-2-4-14(9-13)20(17,18)16-8-7-11-5-6-12(10-16)15-11;/h2-4,9,11-12,15H,5-8,10H2,1H3;1H. The van der Waals surface area contributed by atoms with Gasteiger partial charge in [-0.3, -0.25) is 0 Å². The second-order valence-corrected chi connectivity index (χ2v) is 8.29. The molecule has 2 atom stereocenters. The number of nitrogens with one attached hydrogen (secondary N) is 1. The van der Waals surface area contributed by atoms with E-state index in [0.29, 0.717) is 30.1 Å². The Bertz CT molecular complexity index is 594. The summed E-state index contributed by atoms with van der Waals surface area (Å²) < 4.78 is 27.2. The van der Waals surface area contributed by atoms with Gasteiger partial charge in [0, 0.05) is 30.1 Å². The van der Waals surface area contributed by atoms with Crippen LogP contribution in [0.25, 0.3) is 0 Å². The lowest BCUT2D eigenvalue weighted by molar-refractivity contribution is 0.383. The summed E-state index contributed by atoms with van der Waals surface area (Å²) >= 11 is 1.57. The third kappa shape index (κ3) is 3.56. The third-order valence-corrected chi connectivity index (χ3v) is 6.75. The Labute approximate surface area is 137 Å². The highest BCUT2D eigenvalue weighted by Crippen LogP contribution is 2.26. The smallest absolute Gasteiger partial charge is 0.243 e. The summed E-state index contributed by atoms with van der Waals surface area (Å²) in [4.78, 5) is 1.41. The molecule has 2 heterocycles. The number of hydrogen-bond donors (Lipinski definition) is 1. The van der Waals surface area contributed by atoms with Crippen LogP contribution < -0.4 is 5.32 Å². The van der Waals surface area contributed by atoms with Crippen molar-refractivity contribution in [3.05, 3.63) is 24.3 Å². The fourth-order valence-corrected chi connectivity index (χ4v) is 5.12. The predicted octanol–water partition coefficient (Wildman–Crippen LogP) is 2.35. The fraction of sp³-hybridized carbons (Fsp3) is 0.571. The Morgan fingerprint density at radius 3 is 2.76 bits per heavy atom. The summed E-state index contributed by atoms with van der Waals surface area (Å²) in [6.07, 6.45) is 5.14. The summed E-state index contributed by atoms with van der Waals surface area (Å²) in [7, 11) is -3.36. The van der Waals surface area contributed by atoms with E-state index in [0.717, 1.165) is 17.7 Å². The van der Waals surface area contributed by atoms with Crippen molar-refractivity contribution in [2.45, 2.75) is 41.1 Å². The number of benzene rings is 1. The Kier molecular flexibility index (Phi) is 5.59. The molecule has 21 heavy (non-hydrogen) atoms. The van der Waals surface area contributed by atoms with E-state index in [2.05, 4.69) is 5.32 Å². The van der Waals surface area contributed by atoms with Crippen molar-refractivity contribution in [3.8, 4) is 0 Å². The van der Waals surface area contributed by atoms with Gasteiger partial charge in [-0.05, 0) is 43.7 Å². The molecule has 1 aromatic rings. The van der Waals surface area contributed by atoms with Gasteiger partial charge >= 0.3 is 0 Å². The lowest BCUT2D eigenvalue weighted by Crippen LogP contribution is -2.39. The minimum Gasteiger partial charge on any atom is -0.310 e. The van der Waals surface area contributed by atoms with E-state index in [1.165, 1.54) is 6.42 Å². The minimum absolute atomic E-state index is 0. The number of hydrogen-bond acceptors (Lipinski definition) is 4. The van der Waals surface area contributed by atoms with Gasteiger partial charge in [-0.2, -0.15) is 4.31 Å². The van der Waals surface area contributed by atoms with Crippen LogP contribution in [-0.4, -0.2) is 44.2 Å². The molecule has 2 fully saturated rings. The van der Waals surface area contributed by atoms with E-state index in [4.69, 9.17) is 0 Å². The van der Waals surface area contributed by atoms with E-state index in [9.17, 15) is 8.42 Å². The monoisotopic (exact) mass is 348 g/mol. The second kappa shape index (κ2) is 6.87. The second-order valence-electron chi connectivity index (χ2n) is 5.47. The molecular formula is C14H21ClN2O2S2. The fourth-order valence-electron chi connectivity index (χ4n) is 3.04. The maximum Gasteiger partial charge on any atom is 0.243 e. The summed E-state index contributed by atoms with van der Waals surface area (Å²) in [5.41, 5.74) is 0. The Hall–Kier alpha value is -0.270. The molecule has 2 unspecified atom stereocenters. The summed E-state index contributed by atoms with van der Waals surface area (Å²) in [5, 5.41) is 3.52. The lowest BCUT2D eigenvalue weighted by Gasteiger charge is -2.23. The number of sulfonamides is 1. The Morgan fingerprint density at radius 2 is 2.00 bits per heavy atom. The van der Waals surface area contributed by atoms with Crippen LogP contribution in [0.15, 0.2) is 34.1 Å². The first-order valence-electron chi connectivity index (χ1n) is 7.00. The summed E-state index contributed by atoms with van der Waals surface area (Å²) in [6.45, 7) is 1.22. The van der Waals surface area contributed by atoms with Crippen molar-refractivity contribution in [1.29, 1.82) is 0 Å². The normalized spacial score (nSPS) is 26.1. The van der Waals surface area contributed by atoms with Crippen LogP contribution in [0.3, 0.4) is 0 Å². The van der Waals surface area contributed by atoms with Crippen molar-refractivity contribution < 1.29 is 8.42 Å². The first-order chi connectivity index (χ1) is 9.59. The minimum atomic E-state index is -3.36. The Morgan fingerprint density at radius 1 is 1.24 bits per heavy atom. The summed E-state index contributed by atoms with van der Waals surface area (Å²) in [6, 6.07) is 8.05. The molecule has 0 spiro atoms. The van der Waals surface area contributed by atoms with E-state index in [1.807, 2.05) is 18.4 Å². The molecule has 2 aliphatic heterocycles. The van der Waals surface area contributed by atoms with Crippen LogP contribution >= 0.6 is 24.2 Å². The van der Waals surface area contributed by atoms with Gasteiger partial charge in [0.15, 0.2) is 0 Å². The number of halogens is 1. The molecule has 0 amide bonds. The van der Waals surface area contributed by atoms with Gasteiger partial charge in [0.05, 0.1) is 4.90 Å². The highest BCUT2D eigenvalue weighted by molar-refractivity contribution is 7.98. The lowest BCUT2D eigenvalue weighted by atomic mass is 10.1. The molecule has 2 aliphatic rings. The predicted molar refractivity (Wildman–Crippen MR) is 88.8 cm³/mol. The van der Waals surface area contributed by atoms with Gasteiger partial charge in [0.2, 0.25) is 10.0 Å². The van der Waals surface area contributed by atoms with Crippen LogP contribution in [0.1, 0.15) is 19.3 Å². The maximum absolute atomic E-state index is 12.8. The quantitative estimate of drug-likeness (QED) is 0.852. The Balaban J connectivity index is 0.00000161. The highest BCUT2D eigenvalue weighted by Gasteiger charge is 2.34. The van der Waals surface area contributed by atoms with Crippen molar-refractivity contribution in [1.82, 2.24) is 9.62 Å². The molecule has 0 aliphatic carbocycles. The molecular weight excluding hydrogens is 328 g/mol. The molecule has 0 radical (unpaired) electrons. The van der Waals surface area contributed by atoms with Gasteiger partial charge in [0.1, 0.15) is 0 Å². The molecule has 7 heteroatoms. The third-order valence-electron chi connectivity index (χ3n) is 4.16. The molecule has 118 valence electrons. The van der Waals surface area contributed by atoms with Crippen LogP contribution in [0, 0.1) is 0 Å². The van der Waals surface area contributed by atoms with Crippen molar-refractivity contribution in [2.24, 2.45) is 0 Å². The molecule has 0 aromatic heterocycles. The number of fused-ring (bicyclic) bond motifs is 2. The molecule has 2 bridgehead atoms. The van der Waals surface area contributed by atoms with Crippen LogP contribution in [0.4, 0.5) is 0 Å². The van der Waals surface area contributed by atoms with Crippen LogP contribution in [0.5, 0.6) is 0 Å². The molecule has 1 aromatic carbocycles. The highest BCUT2D eigenvalue weighted by atomic mass is 35.5. The SMILES string of the molecule is CSc1cccc(S(=O)(=O)N2CCC3CCC(C2)N3)c1.Cl. The molecule has 1 N–H and O–H groups in total. The average Bonchev–Trinajstić information content (AvgIpc) is 2.77. The zero-order chi connectivity index (χ0) is 14.2. The molecule has 0 saturated carbocycles. The molecule has 2 saturated heterocycles. The van der Waals surface area contributed by atoms with Gasteiger partial charge in [-0.1, -0.05) is 6.07 Å². The van der Waals surface area contributed by atoms with E-state index >= 15 is 0 Å². The molecule has 4 nitrogen and oxygen atoms in total. The van der Waals surface area contributed by atoms with Gasteiger partial charge in [-0.25, -0.2) is 8.42 Å². The zero-order valence-corrected chi connectivity index (χ0v) is 14.4. The van der Waals surface area contributed by atoms with Crippen LogP contribution in [-0.2, 0) is 10.0 Å². The van der Waals surface area contributed by atoms with Gasteiger partial charge < -0.3 is 5.32 Å².